The first-order valence-corrected chi connectivity index (χ1v) is 9.90. The second-order valence-electron chi connectivity index (χ2n) is 7.74. The molecule has 3 heterocycles. The molecule has 0 saturated carbocycles. The maximum absolute atomic E-state index is 12.8. The number of benzene rings is 1. The quantitative estimate of drug-likeness (QED) is 0.656. The number of nitrogens with one attached hydrogen (secondary N) is 2. The molecule has 3 aromatic rings. The van der Waals surface area contributed by atoms with E-state index >= 15 is 0 Å². The largest absolute Gasteiger partial charge is 0.361 e. The van der Waals surface area contributed by atoms with Gasteiger partial charge in [0.05, 0.1) is 12.6 Å². The molecule has 154 valence electrons. The normalized spacial score (nSPS) is 15.6. The Labute approximate surface area is 175 Å². The van der Waals surface area contributed by atoms with Crippen molar-refractivity contribution in [1.82, 2.24) is 19.8 Å². The minimum Gasteiger partial charge on any atom is -0.361 e. The number of aromatic amines is 1. The number of rotatable bonds is 4. The average Bonchev–Trinajstić information content (AvgIpc) is 3.10. The highest BCUT2D eigenvalue weighted by atomic mass is 16.2. The molecule has 0 saturated heterocycles. The summed E-state index contributed by atoms with van der Waals surface area (Å²) in [5, 5.41) is 3.93. The van der Waals surface area contributed by atoms with Crippen LogP contribution in [0.25, 0.3) is 17.0 Å². The van der Waals surface area contributed by atoms with Crippen LogP contribution in [0.2, 0.25) is 0 Å². The molecule has 1 aliphatic heterocycles. The Kier molecular flexibility index (Phi) is 5.37. The Balaban J connectivity index is 1.50. The summed E-state index contributed by atoms with van der Waals surface area (Å²) < 4.78 is 0. The summed E-state index contributed by atoms with van der Waals surface area (Å²) in [5.74, 6) is 0.418. The number of carbonyl (C=O) groups is 2. The van der Waals surface area contributed by atoms with Gasteiger partial charge in [-0.15, -0.1) is 0 Å². The van der Waals surface area contributed by atoms with E-state index in [4.69, 9.17) is 0 Å². The summed E-state index contributed by atoms with van der Waals surface area (Å²) in [4.78, 5) is 35.9. The van der Waals surface area contributed by atoms with Crippen molar-refractivity contribution in [3.05, 3.63) is 65.5 Å². The van der Waals surface area contributed by atoms with E-state index in [1.165, 1.54) is 0 Å². The number of carbonyl (C=O) groups excluding carboxylic acids is 2. The average molecular weight is 403 g/mol. The van der Waals surface area contributed by atoms with Crippen molar-refractivity contribution in [2.24, 2.45) is 0 Å². The molecule has 4 rings (SSSR count). The SMILES string of the molecule is CC(c1c[nH]c2ccccc12)N(C)C(=O)C=Cc1cnc2c(c1)CN(C)CC(=O)N2. The summed E-state index contributed by atoms with van der Waals surface area (Å²) in [7, 11) is 3.70. The van der Waals surface area contributed by atoms with Gasteiger partial charge in [-0.05, 0) is 43.3 Å². The smallest absolute Gasteiger partial charge is 0.246 e. The van der Waals surface area contributed by atoms with Gasteiger partial charge in [-0.1, -0.05) is 18.2 Å². The highest BCUT2D eigenvalue weighted by molar-refractivity contribution is 5.94. The van der Waals surface area contributed by atoms with Crippen LogP contribution in [0.1, 0.15) is 29.7 Å². The summed E-state index contributed by atoms with van der Waals surface area (Å²) in [6, 6.07) is 9.95. The van der Waals surface area contributed by atoms with Crippen LogP contribution in [0.15, 0.2) is 48.8 Å². The zero-order valence-corrected chi connectivity index (χ0v) is 17.3. The minimum atomic E-state index is -0.0897. The molecule has 0 aliphatic carbocycles. The molecule has 1 aliphatic rings. The number of amides is 2. The molecule has 2 amide bonds. The van der Waals surface area contributed by atoms with E-state index in [1.807, 2.05) is 49.3 Å². The fourth-order valence-electron chi connectivity index (χ4n) is 3.74. The number of para-hydroxylation sites is 1. The Morgan fingerprint density at radius 1 is 1.30 bits per heavy atom. The van der Waals surface area contributed by atoms with Gasteiger partial charge in [0.2, 0.25) is 11.8 Å². The lowest BCUT2D eigenvalue weighted by atomic mass is 10.1. The van der Waals surface area contributed by atoms with Crippen LogP contribution in [-0.4, -0.2) is 52.2 Å². The van der Waals surface area contributed by atoms with E-state index in [0.29, 0.717) is 18.9 Å². The first-order chi connectivity index (χ1) is 14.4. The molecule has 30 heavy (non-hydrogen) atoms. The molecule has 0 radical (unpaired) electrons. The predicted octanol–water partition coefficient (Wildman–Crippen LogP) is 3.18. The van der Waals surface area contributed by atoms with Gasteiger partial charge >= 0.3 is 0 Å². The molecule has 2 aromatic heterocycles. The number of hydrogen-bond acceptors (Lipinski definition) is 4. The monoisotopic (exact) mass is 403 g/mol. The van der Waals surface area contributed by atoms with E-state index < -0.39 is 0 Å². The van der Waals surface area contributed by atoms with Crippen LogP contribution < -0.4 is 5.32 Å². The van der Waals surface area contributed by atoms with Crippen molar-refractivity contribution in [2.75, 3.05) is 26.0 Å². The Bertz CT molecular complexity index is 1130. The second-order valence-corrected chi connectivity index (χ2v) is 7.74. The topological polar surface area (TPSA) is 81.3 Å². The number of hydrogen-bond donors (Lipinski definition) is 2. The number of anilines is 1. The summed E-state index contributed by atoms with van der Waals surface area (Å²) >= 11 is 0. The van der Waals surface area contributed by atoms with Gasteiger partial charge in [-0.3, -0.25) is 14.5 Å². The van der Waals surface area contributed by atoms with Gasteiger partial charge in [0.25, 0.3) is 0 Å². The second kappa shape index (κ2) is 8.12. The van der Waals surface area contributed by atoms with Gasteiger partial charge in [0, 0.05) is 48.5 Å². The standard InChI is InChI=1S/C23H25N5O2/c1-15(19-12-24-20-7-5-4-6-18(19)20)28(3)22(30)9-8-16-10-17-13-27(2)14-21(29)26-23(17)25-11-16/h4-12,15,24H,13-14H2,1-3H3,(H,25,26,29). The number of fused-ring (bicyclic) bond motifs is 2. The number of H-pyrrole nitrogens is 1. The van der Waals surface area contributed by atoms with E-state index in [2.05, 4.69) is 21.4 Å². The maximum atomic E-state index is 12.8. The molecule has 2 N–H and O–H groups in total. The molecule has 7 nitrogen and oxygen atoms in total. The van der Waals surface area contributed by atoms with Crippen molar-refractivity contribution in [1.29, 1.82) is 0 Å². The third-order valence-electron chi connectivity index (χ3n) is 5.52. The van der Waals surface area contributed by atoms with Gasteiger partial charge in [0.15, 0.2) is 0 Å². The molecule has 7 heteroatoms. The Morgan fingerprint density at radius 2 is 2.10 bits per heavy atom. The third kappa shape index (κ3) is 3.97. The molecule has 0 bridgehead atoms. The van der Waals surface area contributed by atoms with Crippen molar-refractivity contribution in [3.8, 4) is 0 Å². The van der Waals surface area contributed by atoms with E-state index in [0.717, 1.165) is 27.6 Å². The summed E-state index contributed by atoms with van der Waals surface area (Å²) in [5.41, 5.74) is 3.89. The highest BCUT2D eigenvalue weighted by Crippen LogP contribution is 2.27. The molecular formula is C23H25N5O2. The van der Waals surface area contributed by atoms with Crippen LogP contribution in [0.3, 0.4) is 0 Å². The lowest BCUT2D eigenvalue weighted by Gasteiger charge is -2.23. The van der Waals surface area contributed by atoms with Gasteiger partial charge in [-0.25, -0.2) is 4.98 Å². The van der Waals surface area contributed by atoms with E-state index in [-0.39, 0.29) is 17.9 Å². The molecule has 1 aromatic carbocycles. The summed E-state index contributed by atoms with van der Waals surface area (Å²) in [6.45, 7) is 2.97. The van der Waals surface area contributed by atoms with Crippen molar-refractivity contribution in [2.45, 2.75) is 19.5 Å². The van der Waals surface area contributed by atoms with Crippen LogP contribution in [0.5, 0.6) is 0 Å². The van der Waals surface area contributed by atoms with Crippen molar-refractivity contribution >= 4 is 34.6 Å². The van der Waals surface area contributed by atoms with Crippen LogP contribution in [0.4, 0.5) is 5.82 Å². The zero-order chi connectivity index (χ0) is 21.3. The molecule has 1 unspecified atom stereocenters. The Hall–Kier alpha value is -3.45. The van der Waals surface area contributed by atoms with Crippen LogP contribution >= 0.6 is 0 Å². The summed E-state index contributed by atoms with van der Waals surface area (Å²) in [6.07, 6.45) is 6.95. The van der Waals surface area contributed by atoms with Gasteiger partial charge in [-0.2, -0.15) is 0 Å². The molecule has 1 atom stereocenters. The predicted molar refractivity (Wildman–Crippen MR) is 118 cm³/mol. The number of likely N-dealkylation sites (N-methyl/N-ethyl adjacent to an activating group) is 2. The molecular weight excluding hydrogens is 378 g/mol. The van der Waals surface area contributed by atoms with E-state index in [1.54, 1.807) is 30.3 Å². The minimum absolute atomic E-state index is 0.0740. The Morgan fingerprint density at radius 3 is 2.93 bits per heavy atom. The lowest BCUT2D eigenvalue weighted by Crippen LogP contribution is -2.27. The number of pyridine rings is 1. The van der Waals surface area contributed by atoms with E-state index in [9.17, 15) is 9.59 Å². The van der Waals surface area contributed by atoms with Gasteiger partial charge < -0.3 is 15.2 Å². The van der Waals surface area contributed by atoms with Crippen molar-refractivity contribution < 1.29 is 9.59 Å². The zero-order valence-electron chi connectivity index (χ0n) is 17.3. The number of nitrogens with zero attached hydrogens (tertiary/aromatic N) is 3. The number of aromatic nitrogens is 2. The third-order valence-corrected chi connectivity index (χ3v) is 5.52. The van der Waals surface area contributed by atoms with Gasteiger partial charge in [0.1, 0.15) is 5.82 Å². The van der Waals surface area contributed by atoms with Crippen LogP contribution in [-0.2, 0) is 16.1 Å². The first kappa shape index (κ1) is 19.8. The highest BCUT2D eigenvalue weighted by Gasteiger charge is 2.19. The fraction of sp³-hybridized carbons (Fsp3) is 0.261. The van der Waals surface area contributed by atoms with Crippen molar-refractivity contribution in [3.63, 3.8) is 0 Å². The lowest BCUT2D eigenvalue weighted by molar-refractivity contribution is -0.126. The molecule has 0 fully saturated rings. The molecule has 0 spiro atoms. The first-order valence-electron chi connectivity index (χ1n) is 9.90. The maximum Gasteiger partial charge on any atom is 0.246 e. The van der Waals surface area contributed by atoms with Crippen LogP contribution in [0, 0.1) is 0 Å². The fourth-order valence-corrected chi connectivity index (χ4v) is 3.74.